The van der Waals surface area contributed by atoms with Gasteiger partial charge in [-0.3, -0.25) is 4.79 Å². The van der Waals surface area contributed by atoms with Gasteiger partial charge in [-0.2, -0.15) is 0 Å². The lowest BCUT2D eigenvalue weighted by molar-refractivity contribution is -0.120. The Morgan fingerprint density at radius 2 is 1.67 bits per heavy atom. The largest absolute Gasteiger partial charge is 0.497 e. The molecule has 0 atom stereocenters. The fourth-order valence-electron chi connectivity index (χ4n) is 4.46. The van der Waals surface area contributed by atoms with Crippen LogP contribution in [-0.4, -0.2) is 37.3 Å². The van der Waals surface area contributed by atoms with Crippen molar-refractivity contribution in [1.29, 1.82) is 0 Å². The molecule has 0 aromatic heterocycles. The van der Waals surface area contributed by atoms with E-state index in [1.54, 1.807) is 18.2 Å². The van der Waals surface area contributed by atoms with E-state index in [0.29, 0.717) is 17.7 Å². The maximum atomic E-state index is 14.2. The number of hydrogen-bond acceptors (Lipinski definition) is 5. The number of hydrogen-bond donors (Lipinski definition) is 3. The van der Waals surface area contributed by atoms with Crippen molar-refractivity contribution in [2.24, 2.45) is 0 Å². The van der Waals surface area contributed by atoms with Crippen LogP contribution in [0.5, 0.6) is 11.5 Å². The number of halogens is 1. The van der Waals surface area contributed by atoms with Crippen LogP contribution in [0.25, 0.3) is 17.2 Å². The van der Waals surface area contributed by atoms with E-state index in [0.717, 1.165) is 27.8 Å². The van der Waals surface area contributed by atoms with Crippen LogP contribution in [-0.2, 0) is 11.3 Å². The Bertz CT molecular complexity index is 1330. The number of fused-ring (bicyclic) bond motifs is 1. The highest BCUT2D eigenvalue weighted by molar-refractivity contribution is 6.61. The Balaban J connectivity index is 1.70. The van der Waals surface area contributed by atoms with Gasteiger partial charge in [-0.05, 0) is 76.2 Å². The molecule has 1 aliphatic carbocycles. The molecule has 1 amide bonds. The molecule has 0 heterocycles. The summed E-state index contributed by atoms with van der Waals surface area (Å²) >= 11 is 0. The van der Waals surface area contributed by atoms with Gasteiger partial charge in [0.05, 0.1) is 26.1 Å². The van der Waals surface area contributed by atoms with Crippen LogP contribution in [0.1, 0.15) is 35.6 Å². The molecule has 0 unspecified atom stereocenters. The average molecular weight is 487 g/mol. The van der Waals surface area contributed by atoms with E-state index in [9.17, 15) is 19.2 Å². The molecular weight excluding hydrogens is 460 g/mol. The van der Waals surface area contributed by atoms with Gasteiger partial charge in [0.25, 0.3) is 0 Å². The van der Waals surface area contributed by atoms with Crippen LogP contribution >= 0.6 is 0 Å². The highest BCUT2D eigenvalue weighted by atomic mass is 19.1. The molecule has 8 heteroatoms. The summed E-state index contributed by atoms with van der Waals surface area (Å²) in [5.41, 5.74) is 5.73. The number of allylic oxidation sites excluding steroid dienone is 2. The van der Waals surface area contributed by atoms with Crippen LogP contribution in [0.3, 0.4) is 0 Å². The first kappa shape index (κ1) is 25.2. The Kier molecular flexibility index (Phi) is 7.57. The number of rotatable bonds is 8. The van der Waals surface area contributed by atoms with Gasteiger partial charge in [0, 0.05) is 6.54 Å². The fourth-order valence-corrected chi connectivity index (χ4v) is 4.46. The zero-order valence-corrected chi connectivity index (χ0v) is 20.3. The third kappa shape index (κ3) is 5.20. The van der Waals surface area contributed by atoms with Crippen molar-refractivity contribution in [3.05, 3.63) is 94.3 Å². The molecule has 36 heavy (non-hydrogen) atoms. The van der Waals surface area contributed by atoms with Crippen molar-refractivity contribution in [3.8, 4) is 11.5 Å². The zero-order valence-electron chi connectivity index (χ0n) is 20.3. The van der Waals surface area contributed by atoms with Crippen molar-refractivity contribution in [3.63, 3.8) is 0 Å². The van der Waals surface area contributed by atoms with E-state index in [2.05, 4.69) is 5.32 Å². The van der Waals surface area contributed by atoms with E-state index >= 15 is 0 Å². The van der Waals surface area contributed by atoms with Crippen molar-refractivity contribution in [2.45, 2.75) is 19.9 Å². The predicted molar refractivity (Wildman–Crippen MR) is 139 cm³/mol. The van der Waals surface area contributed by atoms with Crippen LogP contribution in [0.4, 0.5) is 4.39 Å². The third-order valence-electron chi connectivity index (χ3n) is 6.26. The second-order valence-electron chi connectivity index (χ2n) is 8.50. The molecule has 3 aromatic carbocycles. The van der Waals surface area contributed by atoms with E-state index in [1.165, 1.54) is 26.4 Å². The standard InChI is InChI=1S/C28H27BFNO5/c1-17-22(11-19-12-25(35-2)28(29(33)34)26(13-19)36-3)21-10-9-20(30)14-24(21)23(17)15-27(32)31-16-18-7-5-4-6-8-18/h4-14,33-34H,15-16H2,1-3H3,(H,31,32)/b22-11-. The molecule has 3 aromatic rings. The molecule has 6 nitrogen and oxygen atoms in total. The lowest BCUT2D eigenvalue weighted by Gasteiger charge is -2.14. The number of carbonyl (C=O) groups is 1. The molecule has 184 valence electrons. The molecule has 0 bridgehead atoms. The monoisotopic (exact) mass is 487 g/mol. The van der Waals surface area contributed by atoms with Gasteiger partial charge in [0.2, 0.25) is 5.91 Å². The Morgan fingerprint density at radius 1 is 1.00 bits per heavy atom. The number of benzene rings is 3. The molecule has 0 fully saturated rings. The molecule has 4 rings (SSSR count). The van der Waals surface area contributed by atoms with Crippen molar-refractivity contribution in [2.75, 3.05) is 14.2 Å². The van der Waals surface area contributed by atoms with Crippen LogP contribution in [0, 0.1) is 5.82 Å². The number of nitrogens with one attached hydrogen (secondary N) is 1. The lowest BCUT2D eigenvalue weighted by atomic mass is 9.78. The van der Waals surface area contributed by atoms with E-state index in [-0.39, 0.29) is 35.1 Å². The number of methoxy groups -OCH3 is 2. The quantitative estimate of drug-likeness (QED) is 0.423. The smallest absolute Gasteiger partial charge is 0.496 e. The summed E-state index contributed by atoms with van der Waals surface area (Å²) < 4.78 is 24.9. The summed E-state index contributed by atoms with van der Waals surface area (Å²) in [7, 11) is 1.10. The van der Waals surface area contributed by atoms with Gasteiger partial charge in [0.1, 0.15) is 17.3 Å². The second-order valence-corrected chi connectivity index (χ2v) is 8.50. The predicted octanol–water partition coefficient (Wildman–Crippen LogP) is 3.56. The Labute approximate surface area is 209 Å². The van der Waals surface area contributed by atoms with Gasteiger partial charge < -0.3 is 24.8 Å². The zero-order chi connectivity index (χ0) is 25.8. The van der Waals surface area contributed by atoms with E-state index in [1.807, 2.05) is 43.3 Å². The van der Waals surface area contributed by atoms with Crippen molar-refractivity contribution >= 4 is 35.7 Å². The summed E-state index contributed by atoms with van der Waals surface area (Å²) in [6.07, 6.45) is 1.99. The first-order valence-corrected chi connectivity index (χ1v) is 11.5. The molecule has 0 aliphatic heterocycles. The highest BCUT2D eigenvalue weighted by Crippen LogP contribution is 2.44. The maximum Gasteiger partial charge on any atom is 0.496 e. The summed E-state index contributed by atoms with van der Waals surface area (Å²) in [4.78, 5) is 12.8. The normalized spacial score (nSPS) is 13.6. The van der Waals surface area contributed by atoms with E-state index in [4.69, 9.17) is 9.47 Å². The fraction of sp³-hybridized carbons (Fsp3) is 0.179. The van der Waals surface area contributed by atoms with Crippen LogP contribution in [0.2, 0.25) is 0 Å². The number of amides is 1. The SMILES string of the molecule is COc1cc(/C=C2/C(C)=C(CC(=O)NCc3ccccc3)c3cc(F)ccc32)cc(OC)c1B(O)O. The molecule has 0 saturated heterocycles. The lowest BCUT2D eigenvalue weighted by Crippen LogP contribution is -2.32. The van der Waals surface area contributed by atoms with Crippen molar-refractivity contribution < 1.29 is 28.7 Å². The minimum absolute atomic E-state index is 0.106. The number of carbonyl (C=O) groups excluding carboxylic acids is 1. The summed E-state index contributed by atoms with van der Waals surface area (Å²) in [6, 6.07) is 17.5. The highest BCUT2D eigenvalue weighted by Gasteiger charge is 2.27. The number of ether oxygens (including phenoxy) is 2. The Hall–Kier alpha value is -3.88. The molecular formula is C28H27BFNO5. The summed E-state index contributed by atoms with van der Waals surface area (Å²) in [5.74, 6) is -0.0183. The van der Waals surface area contributed by atoms with Crippen molar-refractivity contribution in [1.82, 2.24) is 5.32 Å². The molecule has 3 N–H and O–H groups in total. The molecule has 0 radical (unpaired) electrons. The minimum atomic E-state index is -1.77. The molecule has 1 aliphatic rings. The van der Waals surface area contributed by atoms with Crippen LogP contribution < -0.4 is 20.3 Å². The molecule has 0 saturated carbocycles. The van der Waals surface area contributed by atoms with Gasteiger partial charge >= 0.3 is 7.12 Å². The average Bonchev–Trinajstić information content (AvgIpc) is 3.12. The Morgan fingerprint density at radius 3 is 2.28 bits per heavy atom. The summed E-state index contributed by atoms with van der Waals surface area (Å²) in [5, 5.41) is 22.4. The molecule has 0 spiro atoms. The maximum absolute atomic E-state index is 14.2. The summed E-state index contributed by atoms with van der Waals surface area (Å²) in [6.45, 7) is 2.32. The van der Waals surface area contributed by atoms with Gasteiger partial charge in [-0.1, -0.05) is 36.4 Å². The first-order chi connectivity index (χ1) is 17.3. The van der Waals surface area contributed by atoms with E-state index < -0.39 is 7.12 Å². The topological polar surface area (TPSA) is 88.0 Å². The van der Waals surface area contributed by atoms with Gasteiger partial charge in [-0.25, -0.2) is 4.39 Å². The van der Waals surface area contributed by atoms with Gasteiger partial charge in [-0.15, -0.1) is 0 Å². The second kappa shape index (κ2) is 10.8. The minimum Gasteiger partial charge on any atom is -0.497 e. The first-order valence-electron chi connectivity index (χ1n) is 11.5. The van der Waals surface area contributed by atoms with Crippen LogP contribution in [0.15, 0.2) is 66.2 Å². The third-order valence-corrected chi connectivity index (χ3v) is 6.26. The van der Waals surface area contributed by atoms with Gasteiger partial charge in [0.15, 0.2) is 0 Å².